The molecule has 2 amide bonds. The Morgan fingerprint density at radius 2 is 1.54 bits per heavy atom. The van der Waals surface area contributed by atoms with Gasteiger partial charge < -0.3 is 15.3 Å². The second-order valence-corrected chi connectivity index (χ2v) is 6.21. The van der Waals surface area contributed by atoms with Crippen molar-refractivity contribution in [2.45, 2.75) is 6.42 Å². The van der Waals surface area contributed by atoms with E-state index in [1.165, 1.54) is 4.90 Å². The lowest BCUT2D eigenvalue weighted by atomic mass is 9.99. The van der Waals surface area contributed by atoms with Gasteiger partial charge in [0.25, 0.3) is 11.8 Å². The summed E-state index contributed by atoms with van der Waals surface area (Å²) in [6.07, 6.45) is 0.340. The number of nitrogens with one attached hydrogen (secondary N) is 1. The lowest BCUT2D eigenvalue weighted by Crippen LogP contribution is -2.34. The molecule has 0 aliphatic rings. The summed E-state index contributed by atoms with van der Waals surface area (Å²) in [6, 6.07) is 15.6. The van der Waals surface area contributed by atoms with Gasteiger partial charge in [-0.15, -0.1) is 0 Å². The minimum atomic E-state index is -0.957. The van der Waals surface area contributed by atoms with Crippen LogP contribution in [0.2, 0.25) is 0 Å². The molecule has 2 N–H and O–H groups in total. The van der Waals surface area contributed by atoms with Gasteiger partial charge in [-0.3, -0.25) is 14.4 Å². The molecule has 26 heavy (non-hydrogen) atoms. The number of hydrogen-bond donors (Lipinski definition) is 2. The first kappa shape index (κ1) is 19.2. The Morgan fingerprint density at radius 3 is 2.08 bits per heavy atom. The predicted octanol–water partition coefficient (Wildman–Crippen LogP) is 2.06. The van der Waals surface area contributed by atoms with Gasteiger partial charge in [-0.1, -0.05) is 30.3 Å². The maximum absolute atomic E-state index is 12.2. The number of carboxylic acids is 1. The molecule has 136 valence electrons. The van der Waals surface area contributed by atoms with Crippen molar-refractivity contribution >= 4 is 17.8 Å². The second kappa shape index (κ2) is 8.80. The van der Waals surface area contributed by atoms with E-state index in [0.29, 0.717) is 17.5 Å². The van der Waals surface area contributed by atoms with Crippen LogP contribution in [0.5, 0.6) is 0 Å². The van der Waals surface area contributed by atoms with Gasteiger partial charge >= 0.3 is 5.97 Å². The molecule has 0 aromatic heterocycles. The fourth-order valence-electron chi connectivity index (χ4n) is 2.49. The van der Waals surface area contributed by atoms with Crippen molar-refractivity contribution in [3.63, 3.8) is 0 Å². The van der Waals surface area contributed by atoms with Gasteiger partial charge in [0.1, 0.15) is 0 Å². The quantitative estimate of drug-likeness (QED) is 0.797. The van der Waals surface area contributed by atoms with Crippen LogP contribution < -0.4 is 5.32 Å². The zero-order chi connectivity index (χ0) is 19.1. The number of carboxylic acid groups (broad SMARTS) is 1. The van der Waals surface area contributed by atoms with Crippen LogP contribution in [0.25, 0.3) is 0 Å². The number of carbonyl (C=O) groups is 3. The van der Waals surface area contributed by atoms with Crippen LogP contribution in [0.4, 0.5) is 0 Å². The summed E-state index contributed by atoms with van der Waals surface area (Å²) in [5.74, 6) is -2.18. The summed E-state index contributed by atoms with van der Waals surface area (Å²) >= 11 is 0. The Labute approximate surface area is 152 Å². The number of nitrogens with zero attached hydrogens (tertiary/aromatic N) is 1. The molecule has 0 saturated heterocycles. The van der Waals surface area contributed by atoms with E-state index in [0.717, 1.165) is 5.56 Å². The Bertz CT molecular complexity index is 770. The van der Waals surface area contributed by atoms with Gasteiger partial charge in [0.15, 0.2) is 0 Å². The van der Waals surface area contributed by atoms with Gasteiger partial charge in [0, 0.05) is 31.8 Å². The van der Waals surface area contributed by atoms with Crippen LogP contribution in [-0.4, -0.2) is 48.4 Å². The van der Waals surface area contributed by atoms with E-state index in [2.05, 4.69) is 5.32 Å². The summed E-state index contributed by atoms with van der Waals surface area (Å²) in [5.41, 5.74) is 1.77. The average Bonchev–Trinajstić information content (AvgIpc) is 2.64. The standard InChI is InChI=1S/C20H22N2O4/c1-22(2)19(24)16-10-8-15(9-11-16)18(23)21-13-17(20(25)26)12-14-6-4-3-5-7-14/h3-11,17H,12-13H2,1-2H3,(H,21,23)(H,25,26). The highest BCUT2D eigenvalue weighted by Gasteiger charge is 2.19. The van der Waals surface area contributed by atoms with Gasteiger partial charge in [-0.25, -0.2) is 0 Å². The summed E-state index contributed by atoms with van der Waals surface area (Å²) in [7, 11) is 3.31. The van der Waals surface area contributed by atoms with Gasteiger partial charge in [-0.2, -0.15) is 0 Å². The van der Waals surface area contributed by atoms with Crippen LogP contribution in [0.15, 0.2) is 54.6 Å². The zero-order valence-electron chi connectivity index (χ0n) is 14.8. The van der Waals surface area contributed by atoms with Crippen LogP contribution >= 0.6 is 0 Å². The maximum Gasteiger partial charge on any atom is 0.308 e. The van der Waals surface area contributed by atoms with Gasteiger partial charge in [-0.05, 0) is 36.2 Å². The van der Waals surface area contributed by atoms with Crippen molar-refractivity contribution in [3.8, 4) is 0 Å². The Balaban J connectivity index is 1.97. The summed E-state index contributed by atoms with van der Waals surface area (Å²) in [5, 5.41) is 12.0. The molecule has 0 fully saturated rings. The molecule has 0 heterocycles. The third-order valence-electron chi connectivity index (χ3n) is 3.98. The molecule has 0 aliphatic carbocycles. The lowest BCUT2D eigenvalue weighted by molar-refractivity contribution is -0.141. The molecular weight excluding hydrogens is 332 g/mol. The number of rotatable bonds is 7. The van der Waals surface area contributed by atoms with E-state index in [1.807, 2.05) is 30.3 Å². The van der Waals surface area contributed by atoms with Crippen molar-refractivity contribution in [1.29, 1.82) is 0 Å². The Kier molecular flexibility index (Phi) is 6.49. The fraction of sp³-hybridized carbons (Fsp3) is 0.250. The molecule has 0 aliphatic heterocycles. The number of benzene rings is 2. The first-order valence-electron chi connectivity index (χ1n) is 8.25. The summed E-state index contributed by atoms with van der Waals surface area (Å²) in [6.45, 7) is 0.0292. The largest absolute Gasteiger partial charge is 0.481 e. The Morgan fingerprint density at radius 1 is 0.962 bits per heavy atom. The van der Waals surface area contributed by atoms with E-state index in [-0.39, 0.29) is 18.4 Å². The molecule has 6 heteroatoms. The van der Waals surface area contributed by atoms with Crippen molar-refractivity contribution in [2.75, 3.05) is 20.6 Å². The zero-order valence-corrected chi connectivity index (χ0v) is 14.8. The Hall–Kier alpha value is -3.15. The SMILES string of the molecule is CN(C)C(=O)c1ccc(C(=O)NCC(Cc2ccccc2)C(=O)O)cc1. The predicted molar refractivity (Wildman–Crippen MR) is 98.1 cm³/mol. The van der Waals surface area contributed by atoms with Crippen LogP contribution in [0, 0.1) is 5.92 Å². The van der Waals surface area contributed by atoms with E-state index >= 15 is 0 Å². The highest BCUT2D eigenvalue weighted by molar-refractivity contribution is 5.97. The van der Waals surface area contributed by atoms with Crippen molar-refractivity contribution < 1.29 is 19.5 Å². The number of hydrogen-bond acceptors (Lipinski definition) is 3. The average molecular weight is 354 g/mol. The fourth-order valence-corrected chi connectivity index (χ4v) is 2.49. The minimum Gasteiger partial charge on any atom is -0.481 e. The van der Waals surface area contributed by atoms with E-state index in [4.69, 9.17) is 0 Å². The molecule has 2 aromatic carbocycles. The van der Waals surface area contributed by atoms with Crippen molar-refractivity contribution in [1.82, 2.24) is 10.2 Å². The molecule has 2 rings (SSSR count). The van der Waals surface area contributed by atoms with Crippen molar-refractivity contribution in [3.05, 3.63) is 71.3 Å². The maximum atomic E-state index is 12.2. The number of aliphatic carboxylic acids is 1. The van der Waals surface area contributed by atoms with Gasteiger partial charge in [0.05, 0.1) is 5.92 Å². The van der Waals surface area contributed by atoms with E-state index < -0.39 is 11.9 Å². The highest BCUT2D eigenvalue weighted by atomic mass is 16.4. The first-order chi connectivity index (χ1) is 12.4. The molecule has 0 radical (unpaired) electrons. The molecule has 0 spiro atoms. The molecular formula is C20H22N2O4. The highest BCUT2D eigenvalue weighted by Crippen LogP contribution is 2.10. The topological polar surface area (TPSA) is 86.7 Å². The minimum absolute atomic E-state index is 0.0292. The number of amides is 2. The third kappa shape index (κ3) is 5.17. The van der Waals surface area contributed by atoms with E-state index in [9.17, 15) is 19.5 Å². The second-order valence-electron chi connectivity index (χ2n) is 6.21. The normalized spacial score (nSPS) is 11.5. The molecule has 6 nitrogen and oxygen atoms in total. The summed E-state index contributed by atoms with van der Waals surface area (Å²) in [4.78, 5) is 37.0. The molecule has 2 aromatic rings. The first-order valence-corrected chi connectivity index (χ1v) is 8.25. The smallest absolute Gasteiger partial charge is 0.308 e. The third-order valence-corrected chi connectivity index (χ3v) is 3.98. The van der Waals surface area contributed by atoms with Crippen LogP contribution in [0.3, 0.4) is 0 Å². The van der Waals surface area contributed by atoms with Crippen LogP contribution in [0.1, 0.15) is 26.3 Å². The summed E-state index contributed by atoms with van der Waals surface area (Å²) < 4.78 is 0. The van der Waals surface area contributed by atoms with E-state index in [1.54, 1.807) is 38.4 Å². The van der Waals surface area contributed by atoms with Crippen LogP contribution in [-0.2, 0) is 11.2 Å². The number of carbonyl (C=O) groups excluding carboxylic acids is 2. The molecule has 1 atom stereocenters. The van der Waals surface area contributed by atoms with Crippen molar-refractivity contribution in [2.24, 2.45) is 5.92 Å². The van der Waals surface area contributed by atoms with Gasteiger partial charge in [0.2, 0.25) is 0 Å². The molecule has 1 unspecified atom stereocenters. The monoisotopic (exact) mass is 354 g/mol. The molecule has 0 saturated carbocycles. The lowest BCUT2D eigenvalue weighted by Gasteiger charge is -2.14. The molecule has 0 bridgehead atoms.